The average Bonchev–Trinajstić information content (AvgIpc) is 2.39. The highest BCUT2D eigenvalue weighted by molar-refractivity contribution is 6.10. The summed E-state index contributed by atoms with van der Waals surface area (Å²) in [6, 6.07) is 81.0. The van der Waals surface area contributed by atoms with Crippen molar-refractivity contribution < 1.29 is 0 Å². The highest BCUT2D eigenvalue weighted by Crippen LogP contribution is 2.57. The molecule has 6 aromatic heterocycles. The number of benzene rings is 9. The molecular weight excluding hydrogens is 1000 g/mol. The second-order valence-corrected chi connectivity index (χ2v) is 21.1. The molecular formula is C72H44N10. The zero-order valence-electron chi connectivity index (χ0n) is 43.9. The smallest absolute Gasteiger partial charge is 0.164 e. The number of hydrogen-bond donors (Lipinski definition) is 0. The molecule has 0 amide bonds. The van der Waals surface area contributed by atoms with Crippen molar-refractivity contribution >= 4 is 43.6 Å². The first-order valence-electron chi connectivity index (χ1n) is 27.5. The summed E-state index contributed by atoms with van der Waals surface area (Å²) in [7, 11) is 0. The molecule has 3 aliphatic rings. The van der Waals surface area contributed by atoms with Gasteiger partial charge < -0.3 is 9.13 Å². The van der Waals surface area contributed by atoms with E-state index in [0.29, 0.717) is 34.9 Å². The molecule has 15 aromatic rings. The lowest BCUT2D eigenvalue weighted by Gasteiger charge is -2.42. The molecule has 82 heavy (non-hydrogen) atoms. The molecule has 3 aliphatic carbocycles. The van der Waals surface area contributed by atoms with E-state index in [2.05, 4.69) is 213 Å². The molecule has 0 N–H and O–H groups in total. The minimum Gasteiger partial charge on any atom is -0.309 e. The van der Waals surface area contributed by atoms with Crippen molar-refractivity contribution in [3.8, 4) is 79.7 Å². The van der Waals surface area contributed by atoms with Crippen LogP contribution in [0.4, 0.5) is 0 Å². The minimum absolute atomic E-state index is 0.0163. The standard InChI is InChI=1S/C72H44N10/c1-3-13-43(14-4-1)67-75-69(45-23-29-49(30-24-45)81-61-21-11-9-17-51(61)59-41-73-37-35-63(59)81)79-71(77-67)47-27-33-55-57(39-47)65-53-19-7-8-20-54(53)66(55)58-40-48(28-34-56(58)65)72-78-68(44-15-5-2-6-16-44)76-70(80-72)46-25-31-50(32-26-46)82-62-22-12-10-18-52(62)60-42-74-38-36-64(60)82/h1-42,65-66H. The van der Waals surface area contributed by atoms with E-state index in [1.807, 2.05) is 61.2 Å². The lowest BCUT2D eigenvalue weighted by molar-refractivity contribution is 0.754. The number of nitrogens with zero attached hydrogens (tertiary/aromatic N) is 10. The summed E-state index contributed by atoms with van der Waals surface area (Å²) in [4.78, 5) is 40.1. The van der Waals surface area contributed by atoms with E-state index in [4.69, 9.17) is 29.9 Å². The van der Waals surface area contributed by atoms with Crippen LogP contribution in [0.5, 0.6) is 0 Å². The molecule has 9 aromatic carbocycles. The van der Waals surface area contributed by atoms with E-state index in [1.54, 1.807) is 0 Å². The van der Waals surface area contributed by atoms with Crippen LogP contribution in [0.2, 0.25) is 0 Å². The van der Waals surface area contributed by atoms with Gasteiger partial charge in [-0.1, -0.05) is 146 Å². The number of para-hydroxylation sites is 2. The first-order chi connectivity index (χ1) is 40.6. The highest BCUT2D eigenvalue weighted by Gasteiger charge is 2.41. The largest absolute Gasteiger partial charge is 0.309 e. The fraction of sp³-hybridized carbons (Fsp3) is 0.0278. The summed E-state index contributed by atoms with van der Waals surface area (Å²) < 4.78 is 4.58. The van der Waals surface area contributed by atoms with Gasteiger partial charge in [-0.2, -0.15) is 0 Å². The maximum Gasteiger partial charge on any atom is 0.164 e. The quantitative estimate of drug-likeness (QED) is 0.148. The number of fused-ring (bicyclic) bond motifs is 6. The van der Waals surface area contributed by atoms with Crippen LogP contribution in [0.25, 0.3) is 123 Å². The van der Waals surface area contributed by atoms with Crippen molar-refractivity contribution in [3.63, 3.8) is 0 Å². The molecule has 2 atom stereocenters. The van der Waals surface area contributed by atoms with Crippen LogP contribution in [-0.4, -0.2) is 49.0 Å². The lowest BCUT2D eigenvalue weighted by atomic mass is 9.61. The van der Waals surface area contributed by atoms with Crippen molar-refractivity contribution in [2.45, 2.75) is 11.8 Å². The summed E-state index contributed by atoms with van der Waals surface area (Å²) in [5.74, 6) is 3.66. The molecule has 0 saturated carbocycles. The number of pyridine rings is 2. The fourth-order valence-electron chi connectivity index (χ4n) is 12.9. The molecule has 0 aliphatic heterocycles. The van der Waals surface area contributed by atoms with Crippen LogP contribution in [0.3, 0.4) is 0 Å². The summed E-state index contributed by atoms with van der Waals surface area (Å²) in [5, 5.41) is 4.57. The Hall–Kier alpha value is -11.1. The Morgan fingerprint density at radius 1 is 0.244 bits per heavy atom. The molecule has 2 unspecified atom stereocenters. The van der Waals surface area contributed by atoms with E-state index in [0.717, 1.165) is 77.6 Å². The van der Waals surface area contributed by atoms with Gasteiger partial charge in [0.1, 0.15) is 0 Å². The summed E-state index contributed by atoms with van der Waals surface area (Å²) in [6.07, 6.45) is 7.60. The second-order valence-electron chi connectivity index (χ2n) is 21.1. The third-order valence-electron chi connectivity index (χ3n) is 16.6. The van der Waals surface area contributed by atoms with Gasteiger partial charge in [0.05, 0.1) is 22.1 Å². The Kier molecular flexibility index (Phi) is 10.2. The van der Waals surface area contributed by atoms with Crippen molar-refractivity contribution in [2.75, 3.05) is 0 Å². The molecule has 10 nitrogen and oxygen atoms in total. The molecule has 6 heterocycles. The highest BCUT2D eigenvalue weighted by atomic mass is 15.0. The van der Waals surface area contributed by atoms with Crippen LogP contribution in [0.1, 0.15) is 45.2 Å². The van der Waals surface area contributed by atoms with Gasteiger partial charge in [-0.3, -0.25) is 9.97 Å². The molecule has 382 valence electrons. The first-order valence-corrected chi connectivity index (χ1v) is 27.5. The third-order valence-corrected chi connectivity index (χ3v) is 16.6. The maximum absolute atomic E-state index is 5.27. The number of hydrogen-bond acceptors (Lipinski definition) is 8. The van der Waals surface area contributed by atoms with Crippen LogP contribution < -0.4 is 0 Å². The van der Waals surface area contributed by atoms with Gasteiger partial charge in [-0.15, -0.1) is 0 Å². The summed E-state index contributed by atoms with van der Waals surface area (Å²) in [6.45, 7) is 0. The van der Waals surface area contributed by atoms with E-state index < -0.39 is 0 Å². The first kappa shape index (κ1) is 45.9. The van der Waals surface area contributed by atoms with Crippen molar-refractivity contribution in [1.82, 2.24) is 49.0 Å². The normalized spacial score (nSPS) is 14.1. The molecule has 2 bridgehead atoms. The lowest BCUT2D eigenvalue weighted by Crippen LogP contribution is -2.27. The van der Waals surface area contributed by atoms with Gasteiger partial charge in [0.2, 0.25) is 0 Å². The van der Waals surface area contributed by atoms with Gasteiger partial charge in [0.15, 0.2) is 34.9 Å². The van der Waals surface area contributed by atoms with Crippen molar-refractivity contribution in [1.29, 1.82) is 0 Å². The van der Waals surface area contributed by atoms with E-state index in [1.165, 1.54) is 44.2 Å². The molecule has 10 heteroatoms. The SMILES string of the molecule is c1ccc(-c2nc(-c3ccc(-n4c5ccccc5c5cnccc54)cc3)nc(-c3ccc4c(c3)C3c5ccccc5C4c4cc(-c5nc(-c6ccccc6)nc(-c6ccc(-n7c8ccccc8c8cnccc87)cc6)n5)ccc43)n2)cc1. The van der Waals surface area contributed by atoms with Crippen molar-refractivity contribution in [3.05, 3.63) is 289 Å². The Morgan fingerprint density at radius 3 is 0.976 bits per heavy atom. The topological polar surface area (TPSA) is 113 Å². The van der Waals surface area contributed by atoms with Gasteiger partial charge in [0.25, 0.3) is 0 Å². The van der Waals surface area contributed by atoms with Gasteiger partial charge in [-0.05, 0) is 118 Å². The Labute approximate surface area is 470 Å². The second kappa shape index (κ2) is 18.2. The Balaban J connectivity index is 0.750. The Morgan fingerprint density at radius 2 is 0.561 bits per heavy atom. The van der Waals surface area contributed by atoms with E-state index >= 15 is 0 Å². The summed E-state index contributed by atoms with van der Waals surface area (Å²) in [5.41, 5.74) is 19.7. The Bertz CT molecular complexity index is 4630. The minimum atomic E-state index is -0.0163. The monoisotopic (exact) mass is 1050 g/mol. The number of aromatic nitrogens is 10. The zero-order valence-corrected chi connectivity index (χ0v) is 43.9. The predicted octanol–water partition coefficient (Wildman–Crippen LogP) is 16.0. The van der Waals surface area contributed by atoms with Gasteiger partial charge in [-0.25, -0.2) is 29.9 Å². The predicted molar refractivity (Wildman–Crippen MR) is 325 cm³/mol. The van der Waals surface area contributed by atoms with Crippen LogP contribution in [0, 0.1) is 0 Å². The molecule has 0 fully saturated rings. The van der Waals surface area contributed by atoms with Gasteiger partial charge in [0, 0.05) is 103 Å². The maximum atomic E-state index is 5.27. The van der Waals surface area contributed by atoms with Crippen LogP contribution in [0.15, 0.2) is 255 Å². The van der Waals surface area contributed by atoms with Crippen LogP contribution in [-0.2, 0) is 0 Å². The average molecular weight is 1050 g/mol. The summed E-state index contributed by atoms with van der Waals surface area (Å²) >= 11 is 0. The fourth-order valence-corrected chi connectivity index (χ4v) is 12.9. The van der Waals surface area contributed by atoms with Gasteiger partial charge >= 0.3 is 0 Å². The molecule has 0 radical (unpaired) electrons. The van der Waals surface area contributed by atoms with E-state index in [-0.39, 0.29) is 11.8 Å². The molecule has 18 rings (SSSR count). The van der Waals surface area contributed by atoms with Crippen LogP contribution >= 0.6 is 0 Å². The third kappa shape index (κ3) is 7.21. The number of rotatable bonds is 8. The molecule has 0 spiro atoms. The van der Waals surface area contributed by atoms with Crippen molar-refractivity contribution in [2.24, 2.45) is 0 Å². The zero-order chi connectivity index (χ0) is 53.8. The van der Waals surface area contributed by atoms with E-state index in [9.17, 15) is 0 Å². The molecule has 0 saturated heterocycles.